The average molecular weight is 233 g/mol. The summed E-state index contributed by atoms with van der Waals surface area (Å²) in [5, 5.41) is 7.88. The topological polar surface area (TPSA) is 77.1 Å². The van der Waals surface area contributed by atoms with Crippen LogP contribution in [0.2, 0.25) is 0 Å². The molecule has 0 unspecified atom stereocenters. The van der Waals surface area contributed by atoms with Gasteiger partial charge >= 0.3 is 11.2 Å². The van der Waals surface area contributed by atoms with Crippen molar-refractivity contribution < 1.29 is 37.7 Å². The molecular formula is C5H7F2O6S-. The predicted molar refractivity (Wildman–Crippen MR) is 37.5 cm³/mol. The quantitative estimate of drug-likeness (QED) is 0.195. The van der Waals surface area contributed by atoms with Crippen molar-refractivity contribution in [3.8, 4) is 0 Å². The van der Waals surface area contributed by atoms with Crippen molar-refractivity contribution in [3.63, 3.8) is 0 Å². The van der Waals surface area contributed by atoms with E-state index < -0.39 is 23.3 Å². The van der Waals surface area contributed by atoms with Crippen LogP contribution in [-0.4, -0.2) is 31.5 Å². The molecule has 0 aliphatic heterocycles. The molecule has 84 valence electrons. The van der Waals surface area contributed by atoms with E-state index in [0.29, 0.717) is 0 Å². The molecule has 0 amide bonds. The van der Waals surface area contributed by atoms with Gasteiger partial charge in [-0.2, -0.15) is 13.1 Å². The minimum Gasteiger partial charge on any atom is -0.691 e. The van der Waals surface area contributed by atoms with Gasteiger partial charge in [0.25, 0.3) is 0 Å². The van der Waals surface area contributed by atoms with Gasteiger partial charge < -0.3 is 14.7 Å². The van der Waals surface area contributed by atoms with Crippen molar-refractivity contribution >= 4 is 18.0 Å². The van der Waals surface area contributed by atoms with E-state index in [4.69, 9.17) is 0 Å². The van der Waals surface area contributed by atoms with E-state index in [2.05, 4.69) is 18.8 Å². The van der Waals surface area contributed by atoms with Crippen molar-refractivity contribution in [2.24, 2.45) is 0 Å². The molecule has 0 bridgehead atoms. The van der Waals surface area contributed by atoms with Crippen LogP contribution in [0.4, 0.5) is 8.78 Å². The Morgan fingerprint density at radius 3 is 2.64 bits per heavy atom. The summed E-state index contributed by atoms with van der Waals surface area (Å²) >= 11 is -0.739. The summed E-state index contributed by atoms with van der Waals surface area (Å²) in [6.45, 7) is -0.324. The molecule has 0 fully saturated rings. The van der Waals surface area contributed by atoms with E-state index in [1.807, 2.05) is 0 Å². The minimum atomic E-state index is -3.99. The first-order valence-electron chi connectivity index (χ1n) is 3.23. The summed E-state index contributed by atoms with van der Waals surface area (Å²) < 4.78 is 36.9. The van der Waals surface area contributed by atoms with Crippen LogP contribution in [0.25, 0.3) is 0 Å². The zero-order chi connectivity index (χ0) is 11.0. The lowest BCUT2D eigenvalue weighted by molar-refractivity contribution is -0.777. The summed E-state index contributed by atoms with van der Waals surface area (Å²) in [6.07, 6.45) is 0. The molecular weight excluding hydrogens is 226 g/mol. The van der Waals surface area contributed by atoms with Crippen molar-refractivity contribution in [1.82, 2.24) is 0 Å². The molecule has 0 aromatic heterocycles. The van der Waals surface area contributed by atoms with Gasteiger partial charge in [0.05, 0.1) is 6.61 Å². The summed E-state index contributed by atoms with van der Waals surface area (Å²) in [4.78, 5) is 10.6. The van der Waals surface area contributed by atoms with Gasteiger partial charge in [0, 0.05) is 7.11 Å². The predicted octanol–water partition coefficient (Wildman–Crippen LogP) is -0.359. The molecule has 0 aliphatic rings. The lowest BCUT2D eigenvalue weighted by Crippen LogP contribution is -2.29. The van der Waals surface area contributed by atoms with Crippen LogP contribution >= 0.6 is 12.0 Å². The number of methoxy groups -OCH3 is 1. The Hall–Kier alpha value is -0.480. The van der Waals surface area contributed by atoms with Crippen molar-refractivity contribution in [2.45, 2.75) is 5.25 Å². The number of carbonyl (C=O) groups is 1. The summed E-state index contributed by atoms with van der Waals surface area (Å²) in [7, 11) is 1.31. The fourth-order valence-electron chi connectivity index (χ4n) is 0.392. The Kier molecular flexibility index (Phi) is 6.66. The Morgan fingerprint density at radius 2 is 2.14 bits per heavy atom. The third-order valence-corrected chi connectivity index (χ3v) is 1.42. The van der Waals surface area contributed by atoms with Gasteiger partial charge in [-0.15, -0.1) is 0 Å². The first-order valence-corrected chi connectivity index (χ1v) is 3.97. The number of alkyl halides is 2. The number of rotatable bonds is 7. The first-order chi connectivity index (χ1) is 6.54. The molecule has 0 rings (SSSR count). The van der Waals surface area contributed by atoms with Gasteiger partial charge in [0.2, 0.25) is 0 Å². The van der Waals surface area contributed by atoms with E-state index >= 15 is 0 Å². The molecule has 0 aromatic carbocycles. The zero-order valence-electron chi connectivity index (χ0n) is 7.03. The highest BCUT2D eigenvalue weighted by molar-refractivity contribution is 7.96. The third-order valence-electron chi connectivity index (χ3n) is 0.925. The third kappa shape index (κ3) is 5.29. The number of halogens is 2. The first kappa shape index (κ1) is 13.5. The van der Waals surface area contributed by atoms with E-state index in [0.717, 1.165) is 0 Å². The monoisotopic (exact) mass is 233 g/mol. The number of hydrogen-bond acceptors (Lipinski definition) is 7. The van der Waals surface area contributed by atoms with Crippen LogP contribution in [0.5, 0.6) is 0 Å². The molecule has 0 aliphatic carbocycles. The van der Waals surface area contributed by atoms with Crippen LogP contribution in [0.15, 0.2) is 0 Å². The Labute approximate surface area is 82.1 Å². The zero-order valence-corrected chi connectivity index (χ0v) is 7.84. The molecule has 14 heavy (non-hydrogen) atoms. The molecule has 0 saturated carbocycles. The second-order valence-electron chi connectivity index (χ2n) is 1.86. The maximum absolute atomic E-state index is 12.5. The lowest BCUT2D eigenvalue weighted by Gasteiger charge is -2.13. The standard InChI is InChI=1S/C5H8F2O6S/c1-10-2-3-11-4(8)5(6,7)14-13-12-9/h9H,2-3H2,1H3/p-1. The van der Waals surface area contributed by atoms with E-state index in [1.165, 1.54) is 7.11 Å². The highest BCUT2D eigenvalue weighted by atomic mass is 32.2. The Morgan fingerprint density at radius 1 is 1.50 bits per heavy atom. The molecule has 0 heterocycles. The van der Waals surface area contributed by atoms with Gasteiger partial charge in [-0.1, -0.05) is 0 Å². The largest absolute Gasteiger partial charge is 0.691 e. The minimum absolute atomic E-state index is 0.00853. The normalized spacial score (nSPS) is 11.4. The van der Waals surface area contributed by atoms with Crippen molar-refractivity contribution in [1.29, 1.82) is 0 Å². The van der Waals surface area contributed by atoms with E-state index in [-0.39, 0.29) is 13.2 Å². The number of ether oxygens (including phenoxy) is 2. The van der Waals surface area contributed by atoms with Gasteiger partial charge in [0.15, 0.2) is 0 Å². The smallest absolute Gasteiger partial charge is 0.415 e. The fourth-order valence-corrected chi connectivity index (χ4v) is 0.633. The Balaban J connectivity index is 3.82. The van der Waals surface area contributed by atoms with Crippen LogP contribution in [0.1, 0.15) is 0 Å². The van der Waals surface area contributed by atoms with Crippen LogP contribution in [0.3, 0.4) is 0 Å². The van der Waals surface area contributed by atoms with Crippen LogP contribution < -0.4 is 5.26 Å². The van der Waals surface area contributed by atoms with Crippen molar-refractivity contribution in [3.05, 3.63) is 0 Å². The number of carbonyl (C=O) groups excluding carboxylic acids is 1. The van der Waals surface area contributed by atoms with Crippen LogP contribution in [-0.2, 0) is 23.6 Å². The highest BCUT2D eigenvalue weighted by Gasteiger charge is 2.43. The molecule has 9 heteroatoms. The van der Waals surface area contributed by atoms with Gasteiger partial charge in [-0.25, -0.2) is 4.79 Å². The summed E-state index contributed by atoms with van der Waals surface area (Å²) in [5.74, 6) is -1.84. The van der Waals surface area contributed by atoms with Crippen LogP contribution in [0, 0.1) is 0 Å². The number of esters is 1. The molecule has 0 N–H and O–H groups in total. The van der Waals surface area contributed by atoms with E-state index in [1.54, 1.807) is 0 Å². The fraction of sp³-hybridized carbons (Fsp3) is 0.800. The average Bonchev–Trinajstić information content (AvgIpc) is 2.15. The second-order valence-corrected chi connectivity index (χ2v) is 2.68. The molecule has 0 atom stereocenters. The SMILES string of the molecule is COCCOC(=O)C(F)(F)SOO[O-]. The highest BCUT2D eigenvalue weighted by Crippen LogP contribution is 2.30. The van der Waals surface area contributed by atoms with Crippen molar-refractivity contribution in [2.75, 3.05) is 20.3 Å². The molecule has 0 radical (unpaired) electrons. The molecule has 0 saturated heterocycles. The second kappa shape index (κ2) is 6.90. The maximum atomic E-state index is 12.5. The summed E-state index contributed by atoms with van der Waals surface area (Å²) in [5.41, 5.74) is 0. The van der Waals surface area contributed by atoms with Gasteiger partial charge in [0.1, 0.15) is 18.6 Å². The summed E-state index contributed by atoms with van der Waals surface area (Å²) in [6, 6.07) is 0. The molecule has 0 aromatic rings. The van der Waals surface area contributed by atoms with Gasteiger partial charge in [-0.3, -0.25) is 5.04 Å². The number of hydrogen-bond donors (Lipinski definition) is 0. The maximum Gasteiger partial charge on any atom is 0.415 e. The molecule has 6 nitrogen and oxygen atoms in total. The lowest BCUT2D eigenvalue weighted by atomic mass is 10.7. The van der Waals surface area contributed by atoms with Gasteiger partial charge in [-0.05, 0) is 0 Å². The Bertz CT molecular complexity index is 178. The molecule has 0 spiro atoms. The van der Waals surface area contributed by atoms with E-state index in [9.17, 15) is 18.8 Å².